The summed E-state index contributed by atoms with van der Waals surface area (Å²) in [5, 5.41) is 0. The molecule has 0 saturated carbocycles. The van der Waals surface area contributed by atoms with Crippen LogP contribution in [0.25, 0.3) is 0 Å². The number of carbonyl (C=O) groups excluding carboxylic acids is 2. The van der Waals surface area contributed by atoms with Crippen LogP contribution >= 0.6 is 0 Å². The molecule has 0 unspecified atom stereocenters. The van der Waals surface area contributed by atoms with Crippen LogP contribution in [0, 0.1) is 5.92 Å². The van der Waals surface area contributed by atoms with Crippen LogP contribution in [0.5, 0.6) is 0 Å². The molecule has 1 aliphatic heterocycles. The van der Waals surface area contributed by atoms with Crippen LogP contribution in [-0.4, -0.2) is 11.8 Å². The van der Waals surface area contributed by atoms with Gasteiger partial charge in [0.25, 0.3) is 0 Å². The number of benzene rings is 1. The van der Waals surface area contributed by atoms with Gasteiger partial charge < -0.3 is 0 Å². The maximum atomic E-state index is 12.5. The summed E-state index contributed by atoms with van der Waals surface area (Å²) in [7, 11) is 0. The van der Waals surface area contributed by atoms with Gasteiger partial charge >= 0.3 is 6.18 Å². The van der Waals surface area contributed by atoms with E-state index < -0.39 is 29.5 Å². The molecule has 1 saturated heterocycles. The second kappa shape index (κ2) is 5.11. The van der Waals surface area contributed by atoms with E-state index in [2.05, 4.69) is 6.58 Å². The van der Waals surface area contributed by atoms with Crippen LogP contribution in [0.1, 0.15) is 18.4 Å². The molecule has 1 fully saturated rings. The predicted octanol–water partition coefficient (Wildman–Crippen LogP) is 3.16. The maximum absolute atomic E-state index is 12.5. The predicted molar refractivity (Wildman–Crippen MR) is 66.9 cm³/mol. The number of allylic oxidation sites excluding steroid dienone is 1. The van der Waals surface area contributed by atoms with Crippen LogP contribution in [0.2, 0.25) is 0 Å². The van der Waals surface area contributed by atoms with E-state index >= 15 is 0 Å². The van der Waals surface area contributed by atoms with Gasteiger partial charge in [-0.3, -0.25) is 14.5 Å². The highest BCUT2D eigenvalue weighted by molar-refractivity contribution is 6.20. The Labute approximate surface area is 113 Å². The zero-order valence-electron chi connectivity index (χ0n) is 10.5. The minimum Gasteiger partial charge on any atom is -0.274 e. The van der Waals surface area contributed by atoms with Crippen molar-refractivity contribution in [1.29, 1.82) is 0 Å². The fraction of sp³-hybridized carbons (Fsp3) is 0.286. The lowest BCUT2D eigenvalue weighted by Crippen LogP contribution is -2.30. The van der Waals surface area contributed by atoms with Gasteiger partial charge in [0.15, 0.2) is 0 Å². The number of imide groups is 1. The first-order valence-corrected chi connectivity index (χ1v) is 5.99. The van der Waals surface area contributed by atoms with Gasteiger partial charge in [0.2, 0.25) is 11.8 Å². The Morgan fingerprint density at radius 2 is 1.85 bits per heavy atom. The Morgan fingerprint density at radius 1 is 1.25 bits per heavy atom. The SMILES string of the molecule is C=CC[C@@H]1CC(=O)N(c2ccc(C(F)(F)F)cc2)C1=O. The van der Waals surface area contributed by atoms with E-state index in [1.807, 2.05) is 0 Å². The molecule has 0 bridgehead atoms. The van der Waals surface area contributed by atoms with E-state index in [9.17, 15) is 22.8 Å². The highest BCUT2D eigenvalue weighted by atomic mass is 19.4. The summed E-state index contributed by atoms with van der Waals surface area (Å²) >= 11 is 0. The van der Waals surface area contributed by atoms with Crippen molar-refractivity contribution in [2.75, 3.05) is 4.90 Å². The van der Waals surface area contributed by atoms with Crippen molar-refractivity contribution in [2.24, 2.45) is 5.92 Å². The lowest BCUT2D eigenvalue weighted by Gasteiger charge is -2.15. The van der Waals surface area contributed by atoms with Gasteiger partial charge in [-0.15, -0.1) is 6.58 Å². The second-order valence-electron chi connectivity index (χ2n) is 4.54. The van der Waals surface area contributed by atoms with Gasteiger partial charge in [0.05, 0.1) is 17.2 Å². The van der Waals surface area contributed by atoms with Crippen molar-refractivity contribution in [3.63, 3.8) is 0 Å². The molecule has 0 radical (unpaired) electrons. The van der Waals surface area contributed by atoms with E-state index in [1.165, 1.54) is 0 Å². The van der Waals surface area contributed by atoms with Crippen molar-refractivity contribution in [3.8, 4) is 0 Å². The number of nitrogens with zero attached hydrogens (tertiary/aromatic N) is 1. The summed E-state index contributed by atoms with van der Waals surface area (Å²) in [5.41, 5.74) is -0.650. The highest BCUT2D eigenvalue weighted by Crippen LogP contribution is 2.33. The van der Waals surface area contributed by atoms with E-state index in [1.54, 1.807) is 6.08 Å². The summed E-state index contributed by atoms with van der Waals surface area (Å²) in [6.07, 6.45) is -2.46. The minimum atomic E-state index is -4.44. The molecule has 3 nitrogen and oxygen atoms in total. The van der Waals surface area contributed by atoms with Gasteiger partial charge in [-0.25, -0.2) is 0 Å². The molecule has 1 aliphatic rings. The Bertz CT molecular complexity index is 549. The quantitative estimate of drug-likeness (QED) is 0.631. The van der Waals surface area contributed by atoms with Gasteiger partial charge in [0.1, 0.15) is 0 Å². The normalized spacial score (nSPS) is 19.6. The third-order valence-corrected chi connectivity index (χ3v) is 3.14. The first kappa shape index (κ1) is 14.3. The monoisotopic (exact) mass is 283 g/mol. The van der Waals surface area contributed by atoms with E-state index in [0.717, 1.165) is 29.2 Å². The van der Waals surface area contributed by atoms with Gasteiger partial charge in [-0.05, 0) is 30.7 Å². The van der Waals surface area contributed by atoms with Crippen molar-refractivity contribution in [2.45, 2.75) is 19.0 Å². The van der Waals surface area contributed by atoms with Gasteiger partial charge in [-0.2, -0.15) is 13.2 Å². The number of anilines is 1. The molecule has 1 atom stereocenters. The Hall–Kier alpha value is -2.11. The average molecular weight is 283 g/mol. The lowest BCUT2D eigenvalue weighted by atomic mass is 10.0. The Kier molecular flexibility index (Phi) is 3.65. The van der Waals surface area contributed by atoms with E-state index in [0.29, 0.717) is 6.42 Å². The molecular formula is C14H12F3NO2. The number of alkyl halides is 3. The molecule has 1 heterocycles. The molecule has 2 amide bonds. The zero-order valence-corrected chi connectivity index (χ0v) is 10.5. The molecular weight excluding hydrogens is 271 g/mol. The Morgan fingerprint density at radius 3 is 2.35 bits per heavy atom. The number of carbonyl (C=O) groups is 2. The fourth-order valence-corrected chi connectivity index (χ4v) is 2.15. The highest BCUT2D eigenvalue weighted by Gasteiger charge is 2.39. The maximum Gasteiger partial charge on any atom is 0.416 e. The number of halogens is 3. The third-order valence-electron chi connectivity index (χ3n) is 3.14. The van der Waals surface area contributed by atoms with Crippen molar-refractivity contribution in [1.82, 2.24) is 0 Å². The van der Waals surface area contributed by atoms with Gasteiger partial charge in [-0.1, -0.05) is 6.08 Å². The molecule has 1 aromatic rings. The smallest absolute Gasteiger partial charge is 0.274 e. The number of rotatable bonds is 3. The molecule has 20 heavy (non-hydrogen) atoms. The van der Waals surface area contributed by atoms with Crippen LogP contribution in [0.3, 0.4) is 0 Å². The van der Waals surface area contributed by atoms with Crippen LogP contribution in [-0.2, 0) is 15.8 Å². The summed E-state index contributed by atoms with van der Waals surface area (Å²) in [6, 6.07) is 3.98. The first-order valence-electron chi connectivity index (χ1n) is 5.99. The molecule has 1 aromatic carbocycles. The van der Waals surface area contributed by atoms with E-state index in [4.69, 9.17) is 0 Å². The number of hydrogen-bond acceptors (Lipinski definition) is 2. The molecule has 0 spiro atoms. The third kappa shape index (κ3) is 2.59. The summed E-state index contributed by atoms with van der Waals surface area (Å²) in [6.45, 7) is 3.51. The minimum absolute atomic E-state index is 0.0614. The van der Waals surface area contributed by atoms with Crippen LogP contribution in [0.15, 0.2) is 36.9 Å². The van der Waals surface area contributed by atoms with Crippen LogP contribution < -0.4 is 4.90 Å². The average Bonchev–Trinajstić information content (AvgIpc) is 2.64. The Balaban J connectivity index is 2.26. The summed E-state index contributed by atoms with van der Waals surface area (Å²) in [4.78, 5) is 24.8. The number of hydrogen-bond donors (Lipinski definition) is 0. The molecule has 106 valence electrons. The summed E-state index contributed by atoms with van der Waals surface area (Å²) < 4.78 is 37.4. The molecule has 0 aliphatic carbocycles. The topological polar surface area (TPSA) is 37.4 Å². The van der Waals surface area contributed by atoms with Crippen molar-refractivity contribution < 1.29 is 22.8 Å². The number of amides is 2. The standard InChI is InChI=1S/C14H12F3NO2/c1-2-3-9-8-12(19)18(13(9)20)11-6-4-10(5-7-11)14(15,16)17/h2,4-7,9H,1,3,8H2/t9-/m1/s1. The second-order valence-corrected chi connectivity index (χ2v) is 4.54. The lowest BCUT2D eigenvalue weighted by molar-refractivity contribution is -0.137. The summed E-state index contributed by atoms with van der Waals surface area (Å²) in [5.74, 6) is -1.27. The van der Waals surface area contributed by atoms with Gasteiger partial charge in [0, 0.05) is 6.42 Å². The molecule has 2 rings (SSSR count). The van der Waals surface area contributed by atoms with Crippen molar-refractivity contribution in [3.05, 3.63) is 42.5 Å². The molecule has 0 N–H and O–H groups in total. The fourth-order valence-electron chi connectivity index (χ4n) is 2.15. The molecule has 6 heteroatoms. The largest absolute Gasteiger partial charge is 0.416 e. The first-order chi connectivity index (χ1) is 9.34. The van der Waals surface area contributed by atoms with Crippen molar-refractivity contribution >= 4 is 17.5 Å². The van der Waals surface area contributed by atoms with Crippen LogP contribution in [0.4, 0.5) is 18.9 Å². The van der Waals surface area contributed by atoms with E-state index in [-0.39, 0.29) is 12.1 Å². The zero-order chi connectivity index (χ0) is 14.9. The molecule has 0 aromatic heterocycles.